The van der Waals surface area contributed by atoms with Crippen LogP contribution in [0.25, 0.3) is 0 Å². The van der Waals surface area contributed by atoms with Gasteiger partial charge in [-0.2, -0.15) is 5.26 Å². The molecule has 4 nitrogen and oxygen atoms in total. The van der Waals surface area contributed by atoms with Gasteiger partial charge in [0.05, 0.1) is 5.69 Å². The maximum Gasteiger partial charge on any atom is 0.182 e. The average Bonchev–Trinajstić information content (AvgIpc) is 2.40. The van der Waals surface area contributed by atoms with Crippen LogP contribution in [-0.4, -0.2) is 10.8 Å². The van der Waals surface area contributed by atoms with Crippen LogP contribution in [0.4, 0.5) is 5.69 Å². The topological polar surface area (TPSA) is 61.1 Å². The highest BCUT2D eigenvalue weighted by Gasteiger charge is 2.03. The van der Waals surface area contributed by atoms with Gasteiger partial charge in [-0.25, -0.2) is 4.99 Å². The monoisotopic (exact) mass is 222 g/mol. The minimum Gasteiger partial charge on any atom is -0.275 e. The molecule has 0 amide bonds. The second-order valence-corrected chi connectivity index (χ2v) is 3.25. The van der Waals surface area contributed by atoms with Crippen molar-refractivity contribution in [2.75, 3.05) is 0 Å². The van der Waals surface area contributed by atoms with Gasteiger partial charge in [-0.1, -0.05) is 24.3 Å². The van der Waals surface area contributed by atoms with Crippen LogP contribution in [0.3, 0.4) is 0 Å². The maximum atomic E-state index is 8.71. The summed E-state index contributed by atoms with van der Waals surface area (Å²) in [5, 5.41) is 11.2. The standard InChI is InChI=1S/C13H10N4/c14-10-16-13(12-8-4-5-9-15-12)17-11-6-2-1-3-7-11/h1-9H,(H,16,17). The Balaban J connectivity index is 2.37. The van der Waals surface area contributed by atoms with Crippen LogP contribution in [0.1, 0.15) is 5.69 Å². The van der Waals surface area contributed by atoms with Crippen molar-refractivity contribution in [3.8, 4) is 6.19 Å². The van der Waals surface area contributed by atoms with Gasteiger partial charge in [-0.15, -0.1) is 0 Å². The molecule has 1 aromatic carbocycles. The van der Waals surface area contributed by atoms with Gasteiger partial charge in [0, 0.05) is 6.20 Å². The first-order valence-corrected chi connectivity index (χ1v) is 5.10. The van der Waals surface area contributed by atoms with Crippen LogP contribution in [0, 0.1) is 11.5 Å². The van der Waals surface area contributed by atoms with E-state index in [-0.39, 0.29) is 0 Å². The van der Waals surface area contributed by atoms with E-state index in [0.29, 0.717) is 11.5 Å². The molecule has 0 fully saturated rings. The summed E-state index contributed by atoms with van der Waals surface area (Å²) in [6.45, 7) is 0. The first-order chi connectivity index (χ1) is 8.40. The number of para-hydroxylation sites is 1. The van der Waals surface area contributed by atoms with E-state index in [1.165, 1.54) is 0 Å². The minimum atomic E-state index is 0.444. The molecule has 2 rings (SSSR count). The smallest absolute Gasteiger partial charge is 0.182 e. The predicted molar refractivity (Wildman–Crippen MR) is 65.6 cm³/mol. The number of pyridine rings is 1. The highest BCUT2D eigenvalue weighted by molar-refractivity contribution is 5.99. The highest BCUT2D eigenvalue weighted by atomic mass is 15.0. The third-order valence-electron chi connectivity index (χ3n) is 2.08. The molecule has 17 heavy (non-hydrogen) atoms. The second-order valence-electron chi connectivity index (χ2n) is 3.25. The van der Waals surface area contributed by atoms with Gasteiger partial charge in [0.15, 0.2) is 12.0 Å². The largest absolute Gasteiger partial charge is 0.275 e. The molecule has 0 aliphatic heterocycles. The van der Waals surface area contributed by atoms with E-state index in [1.54, 1.807) is 12.3 Å². The lowest BCUT2D eigenvalue weighted by molar-refractivity contribution is 1.19. The van der Waals surface area contributed by atoms with Crippen molar-refractivity contribution in [1.82, 2.24) is 10.3 Å². The van der Waals surface area contributed by atoms with Crippen molar-refractivity contribution in [3.05, 3.63) is 60.4 Å². The van der Waals surface area contributed by atoms with Gasteiger partial charge in [-0.3, -0.25) is 10.3 Å². The predicted octanol–water partition coefficient (Wildman–Crippen LogP) is 2.23. The van der Waals surface area contributed by atoms with Gasteiger partial charge in [0.2, 0.25) is 0 Å². The Morgan fingerprint density at radius 1 is 1.12 bits per heavy atom. The van der Waals surface area contributed by atoms with Crippen LogP contribution in [-0.2, 0) is 0 Å². The Morgan fingerprint density at radius 2 is 1.88 bits per heavy atom. The number of nitriles is 1. The number of amidine groups is 1. The first-order valence-electron chi connectivity index (χ1n) is 5.10. The normalized spacial score (nSPS) is 10.6. The number of nitrogens with zero attached hydrogens (tertiary/aromatic N) is 3. The number of aromatic nitrogens is 1. The highest BCUT2D eigenvalue weighted by Crippen LogP contribution is 2.11. The molecule has 0 bridgehead atoms. The van der Waals surface area contributed by atoms with E-state index in [2.05, 4.69) is 15.3 Å². The Hall–Kier alpha value is -2.67. The lowest BCUT2D eigenvalue weighted by atomic mass is 10.3. The van der Waals surface area contributed by atoms with Crippen molar-refractivity contribution in [2.24, 2.45) is 4.99 Å². The average molecular weight is 222 g/mol. The molecule has 1 N–H and O–H groups in total. The molecule has 0 aliphatic rings. The summed E-state index contributed by atoms with van der Waals surface area (Å²) in [4.78, 5) is 8.49. The Labute approximate surface area is 99.3 Å². The van der Waals surface area contributed by atoms with E-state index < -0.39 is 0 Å². The van der Waals surface area contributed by atoms with Crippen molar-refractivity contribution < 1.29 is 0 Å². The zero-order valence-corrected chi connectivity index (χ0v) is 9.04. The van der Waals surface area contributed by atoms with E-state index in [4.69, 9.17) is 5.26 Å². The van der Waals surface area contributed by atoms with Gasteiger partial charge in [-0.05, 0) is 24.3 Å². The third-order valence-corrected chi connectivity index (χ3v) is 2.08. The van der Waals surface area contributed by atoms with Crippen LogP contribution >= 0.6 is 0 Å². The molecule has 1 aromatic heterocycles. The lowest BCUT2D eigenvalue weighted by Crippen LogP contribution is -2.19. The number of hydrogen-bond donors (Lipinski definition) is 1. The molecule has 0 atom stereocenters. The second kappa shape index (κ2) is 5.42. The molecule has 0 radical (unpaired) electrons. The van der Waals surface area contributed by atoms with Gasteiger partial charge >= 0.3 is 0 Å². The number of rotatable bonds is 2. The maximum absolute atomic E-state index is 8.71. The van der Waals surface area contributed by atoms with Gasteiger partial charge in [0.1, 0.15) is 5.69 Å². The van der Waals surface area contributed by atoms with Crippen molar-refractivity contribution in [1.29, 1.82) is 5.26 Å². The zero-order valence-electron chi connectivity index (χ0n) is 9.04. The minimum absolute atomic E-state index is 0.444. The Kier molecular flexibility index (Phi) is 3.46. The van der Waals surface area contributed by atoms with Crippen molar-refractivity contribution in [3.63, 3.8) is 0 Å². The summed E-state index contributed by atoms with van der Waals surface area (Å²) in [6.07, 6.45) is 3.53. The summed E-state index contributed by atoms with van der Waals surface area (Å²) in [7, 11) is 0. The molecule has 0 aliphatic carbocycles. The summed E-state index contributed by atoms with van der Waals surface area (Å²) >= 11 is 0. The van der Waals surface area contributed by atoms with E-state index in [1.807, 2.05) is 48.7 Å². The molecule has 0 spiro atoms. The van der Waals surface area contributed by atoms with E-state index in [0.717, 1.165) is 5.69 Å². The zero-order chi connectivity index (χ0) is 11.9. The van der Waals surface area contributed by atoms with Crippen molar-refractivity contribution >= 4 is 11.5 Å². The molecule has 0 saturated carbocycles. The molecular weight excluding hydrogens is 212 g/mol. The van der Waals surface area contributed by atoms with Gasteiger partial charge in [0.25, 0.3) is 0 Å². The van der Waals surface area contributed by atoms with E-state index in [9.17, 15) is 0 Å². The molecule has 1 heterocycles. The van der Waals surface area contributed by atoms with Crippen LogP contribution in [0.15, 0.2) is 59.7 Å². The van der Waals surface area contributed by atoms with Gasteiger partial charge < -0.3 is 0 Å². The first kappa shape index (κ1) is 10.8. The molecule has 82 valence electrons. The van der Waals surface area contributed by atoms with Crippen LogP contribution in [0.5, 0.6) is 0 Å². The fraction of sp³-hybridized carbons (Fsp3) is 0. The quantitative estimate of drug-likeness (QED) is 0.367. The van der Waals surface area contributed by atoms with Crippen LogP contribution in [0.2, 0.25) is 0 Å². The lowest BCUT2D eigenvalue weighted by Gasteiger charge is -2.02. The molecule has 0 unspecified atom stereocenters. The fourth-order valence-corrected chi connectivity index (χ4v) is 1.34. The summed E-state index contributed by atoms with van der Waals surface area (Å²) in [5.41, 5.74) is 1.41. The number of hydrogen-bond acceptors (Lipinski definition) is 3. The number of nitrogens with one attached hydrogen (secondary N) is 1. The molecule has 2 aromatic rings. The van der Waals surface area contributed by atoms with E-state index >= 15 is 0 Å². The number of benzene rings is 1. The summed E-state index contributed by atoms with van der Waals surface area (Å²) in [5.74, 6) is 0.444. The van der Waals surface area contributed by atoms with Crippen molar-refractivity contribution in [2.45, 2.75) is 0 Å². The summed E-state index contributed by atoms with van der Waals surface area (Å²) < 4.78 is 0. The molecule has 0 saturated heterocycles. The molecule has 4 heteroatoms. The van der Waals surface area contributed by atoms with Crippen LogP contribution < -0.4 is 5.32 Å². The third kappa shape index (κ3) is 2.89. The number of aliphatic imine (C=N–C) groups is 1. The molecular formula is C13H10N4. The fourth-order valence-electron chi connectivity index (χ4n) is 1.34. The SMILES string of the molecule is N#CNC(=Nc1ccccc1)c1ccccn1. The Bertz CT molecular complexity index is 541. The Morgan fingerprint density at radius 3 is 2.53 bits per heavy atom. The summed E-state index contributed by atoms with van der Waals surface area (Å²) in [6, 6.07) is 14.9.